The summed E-state index contributed by atoms with van der Waals surface area (Å²) in [6, 6.07) is 0. The van der Waals surface area contributed by atoms with Crippen molar-refractivity contribution < 1.29 is 24.2 Å². The number of aliphatic hydroxyl groups is 1. The molecule has 0 aliphatic heterocycles. The van der Waals surface area contributed by atoms with Gasteiger partial charge in [0.15, 0.2) is 6.10 Å². The van der Waals surface area contributed by atoms with Gasteiger partial charge in [-0.1, -0.05) is 12.8 Å². The largest absolute Gasteiger partial charge is 0.467 e. The van der Waals surface area contributed by atoms with Gasteiger partial charge in [0.2, 0.25) is 0 Å². The van der Waals surface area contributed by atoms with Crippen LogP contribution >= 0.6 is 0 Å². The van der Waals surface area contributed by atoms with E-state index in [1.807, 2.05) is 20.8 Å². The monoisotopic (exact) mass is 286 g/mol. The molecule has 1 saturated carbocycles. The Kier molecular flexibility index (Phi) is 5.99. The summed E-state index contributed by atoms with van der Waals surface area (Å²) in [6.45, 7) is 5.48. The zero-order valence-electron chi connectivity index (χ0n) is 12.8. The number of esters is 2. The van der Waals surface area contributed by atoms with E-state index in [9.17, 15) is 14.7 Å². The summed E-state index contributed by atoms with van der Waals surface area (Å²) in [5, 5.41) is 10.0. The Morgan fingerprint density at radius 3 is 2.40 bits per heavy atom. The number of carbonyl (C=O) groups is 2. The van der Waals surface area contributed by atoms with Crippen LogP contribution in [0.25, 0.3) is 0 Å². The summed E-state index contributed by atoms with van der Waals surface area (Å²) in [6.07, 6.45) is 2.65. The number of aliphatic hydroxyl groups excluding tert-OH is 1. The highest BCUT2D eigenvalue weighted by Crippen LogP contribution is 2.35. The van der Waals surface area contributed by atoms with E-state index < -0.39 is 17.7 Å². The molecule has 1 rings (SSSR count). The Balaban J connectivity index is 2.65. The average molecular weight is 286 g/mol. The molecule has 0 aromatic carbocycles. The highest BCUT2D eigenvalue weighted by Gasteiger charge is 2.37. The first-order valence-electron chi connectivity index (χ1n) is 7.22. The van der Waals surface area contributed by atoms with Crippen LogP contribution in [-0.4, -0.2) is 35.9 Å². The van der Waals surface area contributed by atoms with Gasteiger partial charge in [0, 0.05) is 6.42 Å². The minimum atomic E-state index is -1.15. The predicted octanol–water partition coefficient (Wildman–Crippen LogP) is 2.06. The molecular weight excluding hydrogens is 260 g/mol. The molecule has 1 aliphatic carbocycles. The number of hydrogen-bond donors (Lipinski definition) is 1. The predicted molar refractivity (Wildman–Crippen MR) is 73.9 cm³/mol. The van der Waals surface area contributed by atoms with Crippen LogP contribution in [0.5, 0.6) is 0 Å². The molecular formula is C15H26O5. The van der Waals surface area contributed by atoms with E-state index in [-0.39, 0.29) is 24.2 Å². The maximum atomic E-state index is 11.9. The number of methoxy groups -OCH3 is 1. The lowest BCUT2D eigenvalue weighted by molar-refractivity contribution is -0.161. The highest BCUT2D eigenvalue weighted by molar-refractivity contribution is 5.75. The van der Waals surface area contributed by atoms with E-state index in [1.165, 1.54) is 7.11 Å². The van der Waals surface area contributed by atoms with Crippen LogP contribution in [0.2, 0.25) is 0 Å². The second-order valence-corrected chi connectivity index (χ2v) is 6.47. The van der Waals surface area contributed by atoms with Crippen LogP contribution in [0.4, 0.5) is 0 Å². The normalized spacial score (nSPS) is 24.9. The standard InChI is InChI=1S/C15H26O5/c1-15(2,3)20-12(16)9-10-7-5-6-8-11(10)13(17)14(18)19-4/h10-11,13,17H,5-9H2,1-4H3/t10?,11?,13-/m1/s1. The maximum Gasteiger partial charge on any atom is 0.334 e. The zero-order chi connectivity index (χ0) is 15.3. The molecule has 1 fully saturated rings. The Morgan fingerprint density at radius 2 is 1.85 bits per heavy atom. The highest BCUT2D eigenvalue weighted by atomic mass is 16.6. The van der Waals surface area contributed by atoms with Crippen LogP contribution in [0.3, 0.4) is 0 Å². The first-order valence-corrected chi connectivity index (χ1v) is 7.22. The third-order valence-electron chi connectivity index (χ3n) is 3.66. The lowest BCUT2D eigenvalue weighted by Gasteiger charge is -2.33. The Hall–Kier alpha value is -1.10. The molecule has 0 bridgehead atoms. The average Bonchev–Trinajstić information content (AvgIpc) is 2.35. The summed E-state index contributed by atoms with van der Waals surface area (Å²) < 4.78 is 9.91. The van der Waals surface area contributed by atoms with E-state index in [0.29, 0.717) is 0 Å². The SMILES string of the molecule is COC(=O)[C@H](O)C1CCCCC1CC(=O)OC(C)(C)C. The van der Waals surface area contributed by atoms with Gasteiger partial charge in [0.05, 0.1) is 7.11 Å². The molecule has 0 aromatic heterocycles. The molecule has 3 atom stereocenters. The molecule has 0 radical (unpaired) electrons. The number of hydrogen-bond acceptors (Lipinski definition) is 5. The van der Waals surface area contributed by atoms with Gasteiger partial charge in [-0.15, -0.1) is 0 Å². The van der Waals surface area contributed by atoms with Gasteiger partial charge >= 0.3 is 11.9 Å². The van der Waals surface area contributed by atoms with Gasteiger partial charge in [-0.2, -0.15) is 0 Å². The second-order valence-electron chi connectivity index (χ2n) is 6.47. The fourth-order valence-electron chi connectivity index (χ4n) is 2.80. The van der Waals surface area contributed by atoms with E-state index in [0.717, 1.165) is 25.7 Å². The van der Waals surface area contributed by atoms with Crippen molar-refractivity contribution in [3.8, 4) is 0 Å². The van der Waals surface area contributed by atoms with E-state index in [2.05, 4.69) is 4.74 Å². The lowest BCUT2D eigenvalue weighted by atomic mass is 9.74. The summed E-state index contributed by atoms with van der Waals surface area (Å²) in [7, 11) is 1.26. The molecule has 0 spiro atoms. The van der Waals surface area contributed by atoms with Crippen LogP contribution in [0.1, 0.15) is 52.9 Å². The van der Waals surface area contributed by atoms with Gasteiger partial charge < -0.3 is 14.6 Å². The topological polar surface area (TPSA) is 72.8 Å². The molecule has 1 N–H and O–H groups in total. The fraction of sp³-hybridized carbons (Fsp3) is 0.867. The van der Waals surface area contributed by atoms with Crippen LogP contribution in [0.15, 0.2) is 0 Å². The van der Waals surface area contributed by atoms with Crippen molar-refractivity contribution >= 4 is 11.9 Å². The third-order valence-corrected chi connectivity index (χ3v) is 3.66. The fourth-order valence-corrected chi connectivity index (χ4v) is 2.80. The molecule has 20 heavy (non-hydrogen) atoms. The van der Waals surface area contributed by atoms with Crippen molar-refractivity contribution in [3.63, 3.8) is 0 Å². The molecule has 5 heteroatoms. The van der Waals surface area contributed by atoms with Gasteiger partial charge in [-0.3, -0.25) is 4.79 Å². The third kappa shape index (κ3) is 5.12. The Labute approximate surface area is 120 Å². The number of carbonyl (C=O) groups excluding carboxylic acids is 2. The van der Waals surface area contributed by atoms with Crippen molar-refractivity contribution in [2.45, 2.75) is 64.6 Å². The van der Waals surface area contributed by atoms with Gasteiger partial charge in [-0.05, 0) is 45.4 Å². The smallest absolute Gasteiger partial charge is 0.334 e. The van der Waals surface area contributed by atoms with E-state index in [1.54, 1.807) is 0 Å². The number of ether oxygens (including phenoxy) is 2. The minimum absolute atomic E-state index is 0.0206. The van der Waals surface area contributed by atoms with Gasteiger partial charge in [0.25, 0.3) is 0 Å². The second kappa shape index (κ2) is 7.07. The first-order chi connectivity index (χ1) is 9.24. The van der Waals surface area contributed by atoms with Crippen molar-refractivity contribution in [3.05, 3.63) is 0 Å². The quantitative estimate of drug-likeness (QED) is 0.801. The summed E-state index contributed by atoms with van der Waals surface area (Å²) in [5.41, 5.74) is -0.512. The molecule has 0 saturated heterocycles. The van der Waals surface area contributed by atoms with Crippen LogP contribution in [-0.2, 0) is 19.1 Å². The molecule has 2 unspecified atom stereocenters. The molecule has 1 aliphatic rings. The van der Waals surface area contributed by atoms with E-state index >= 15 is 0 Å². The van der Waals surface area contributed by atoms with Crippen molar-refractivity contribution in [1.29, 1.82) is 0 Å². The van der Waals surface area contributed by atoms with Crippen LogP contribution < -0.4 is 0 Å². The number of rotatable bonds is 4. The molecule has 0 heterocycles. The van der Waals surface area contributed by atoms with Crippen molar-refractivity contribution in [1.82, 2.24) is 0 Å². The Morgan fingerprint density at radius 1 is 1.25 bits per heavy atom. The first kappa shape index (κ1) is 17.0. The van der Waals surface area contributed by atoms with Gasteiger partial charge in [0.1, 0.15) is 5.60 Å². The molecule has 116 valence electrons. The summed E-state index contributed by atoms with van der Waals surface area (Å²) >= 11 is 0. The zero-order valence-corrected chi connectivity index (χ0v) is 12.8. The molecule has 5 nitrogen and oxygen atoms in total. The van der Waals surface area contributed by atoms with Crippen molar-refractivity contribution in [2.24, 2.45) is 11.8 Å². The van der Waals surface area contributed by atoms with Crippen molar-refractivity contribution in [2.75, 3.05) is 7.11 Å². The minimum Gasteiger partial charge on any atom is -0.467 e. The maximum absolute atomic E-state index is 11.9. The Bertz CT molecular complexity index is 345. The summed E-state index contributed by atoms with van der Waals surface area (Å²) in [5.74, 6) is -1.13. The van der Waals surface area contributed by atoms with E-state index in [4.69, 9.17) is 4.74 Å². The lowest BCUT2D eigenvalue weighted by Crippen LogP contribution is -2.38. The molecule has 0 amide bonds. The molecule has 0 aromatic rings. The van der Waals surface area contributed by atoms with Crippen LogP contribution in [0, 0.1) is 11.8 Å². The summed E-state index contributed by atoms with van der Waals surface area (Å²) in [4.78, 5) is 23.4. The van der Waals surface area contributed by atoms with Gasteiger partial charge in [-0.25, -0.2) is 4.79 Å².